The Morgan fingerprint density at radius 3 is 2.35 bits per heavy atom. The maximum atomic E-state index is 11.7. The molecule has 0 unspecified atom stereocenters. The summed E-state index contributed by atoms with van der Waals surface area (Å²) in [5.41, 5.74) is 1.74. The van der Waals surface area contributed by atoms with Crippen molar-refractivity contribution in [2.24, 2.45) is 0 Å². The Morgan fingerprint density at radius 1 is 1.15 bits per heavy atom. The number of carbonyl (C=O) groups excluding carboxylic acids is 1. The lowest BCUT2D eigenvalue weighted by molar-refractivity contribution is -0.131. The molecule has 0 aliphatic heterocycles. The van der Waals surface area contributed by atoms with Crippen LogP contribution in [0.5, 0.6) is 0 Å². The molecule has 0 aromatic heterocycles. The van der Waals surface area contributed by atoms with E-state index in [1.807, 2.05) is 12.1 Å². The van der Waals surface area contributed by atoms with Crippen LogP contribution in [0.1, 0.15) is 61.4 Å². The first-order valence-corrected chi connectivity index (χ1v) is 7.10. The predicted octanol–water partition coefficient (Wildman–Crippen LogP) is 4.19. The number of carbonyl (C=O) groups is 2. The second kappa shape index (κ2) is 8.31. The first-order valence-electron chi connectivity index (χ1n) is 7.10. The van der Waals surface area contributed by atoms with E-state index < -0.39 is 5.97 Å². The van der Waals surface area contributed by atoms with E-state index in [0.29, 0.717) is 11.5 Å². The number of hydrogen-bond acceptors (Lipinski definition) is 2. The molecular weight excluding hydrogens is 252 g/mol. The molecule has 0 fully saturated rings. The fraction of sp³-hybridized carbons (Fsp3) is 0.412. The summed E-state index contributed by atoms with van der Waals surface area (Å²) in [7, 11) is 0. The van der Waals surface area contributed by atoms with Gasteiger partial charge in [0.2, 0.25) is 0 Å². The quantitative estimate of drug-likeness (QED) is 0.439. The molecular formula is C17H22O3. The van der Waals surface area contributed by atoms with Crippen molar-refractivity contribution >= 4 is 11.8 Å². The van der Waals surface area contributed by atoms with Crippen LogP contribution in [0.4, 0.5) is 0 Å². The van der Waals surface area contributed by atoms with Crippen LogP contribution in [-0.4, -0.2) is 16.9 Å². The Bertz CT molecular complexity index is 472. The molecule has 0 aliphatic carbocycles. The second-order valence-corrected chi connectivity index (χ2v) is 5.05. The summed E-state index contributed by atoms with van der Waals surface area (Å²) in [5.74, 6) is -0.905. The number of carboxylic acids is 1. The van der Waals surface area contributed by atoms with Crippen molar-refractivity contribution in [3.05, 3.63) is 47.5 Å². The Labute approximate surface area is 120 Å². The van der Waals surface area contributed by atoms with Gasteiger partial charge in [0.05, 0.1) is 0 Å². The number of carboxylic acid groups (broad SMARTS) is 1. The Hall–Kier alpha value is -1.90. The molecule has 0 amide bonds. The highest BCUT2D eigenvalue weighted by molar-refractivity contribution is 6.06. The van der Waals surface area contributed by atoms with E-state index in [0.717, 1.165) is 18.6 Å². The van der Waals surface area contributed by atoms with Gasteiger partial charge in [0, 0.05) is 11.6 Å². The van der Waals surface area contributed by atoms with E-state index in [-0.39, 0.29) is 5.78 Å². The number of hydrogen-bond donors (Lipinski definition) is 1. The van der Waals surface area contributed by atoms with Crippen molar-refractivity contribution in [1.29, 1.82) is 0 Å². The largest absolute Gasteiger partial charge is 0.478 e. The highest BCUT2D eigenvalue weighted by Crippen LogP contribution is 2.22. The topological polar surface area (TPSA) is 54.4 Å². The van der Waals surface area contributed by atoms with E-state index in [9.17, 15) is 9.59 Å². The fourth-order valence-corrected chi connectivity index (χ4v) is 2.09. The van der Waals surface area contributed by atoms with Crippen LogP contribution in [-0.2, 0) is 4.79 Å². The van der Waals surface area contributed by atoms with E-state index in [2.05, 4.69) is 13.8 Å². The summed E-state index contributed by atoms with van der Waals surface area (Å²) in [6.07, 6.45) is 6.79. The lowest BCUT2D eigenvalue weighted by atomic mass is 9.94. The van der Waals surface area contributed by atoms with Gasteiger partial charge in [0.1, 0.15) is 0 Å². The third kappa shape index (κ3) is 5.39. The number of ketones is 1. The van der Waals surface area contributed by atoms with Crippen molar-refractivity contribution in [3.63, 3.8) is 0 Å². The van der Waals surface area contributed by atoms with Crippen molar-refractivity contribution in [1.82, 2.24) is 0 Å². The molecule has 108 valence electrons. The van der Waals surface area contributed by atoms with E-state index in [1.165, 1.54) is 24.8 Å². The molecule has 1 rings (SSSR count). The van der Waals surface area contributed by atoms with Crippen LogP contribution in [0.25, 0.3) is 0 Å². The van der Waals surface area contributed by atoms with Gasteiger partial charge in [0.25, 0.3) is 0 Å². The molecule has 0 bridgehead atoms. The van der Waals surface area contributed by atoms with Crippen LogP contribution in [0.2, 0.25) is 0 Å². The molecule has 1 aromatic carbocycles. The van der Waals surface area contributed by atoms with Crippen molar-refractivity contribution in [2.75, 3.05) is 0 Å². The summed E-state index contributed by atoms with van der Waals surface area (Å²) >= 11 is 0. The SMILES string of the molecule is CCCCC[C@H](C)c1ccc(C(=O)/C=C/C(=O)O)cc1. The average Bonchev–Trinajstić information content (AvgIpc) is 2.45. The Morgan fingerprint density at radius 2 is 1.80 bits per heavy atom. The Kier molecular flexibility index (Phi) is 6.71. The van der Waals surface area contributed by atoms with Gasteiger partial charge in [-0.2, -0.15) is 0 Å². The minimum atomic E-state index is -1.11. The van der Waals surface area contributed by atoms with Gasteiger partial charge < -0.3 is 5.11 Å². The lowest BCUT2D eigenvalue weighted by Crippen LogP contribution is -1.99. The minimum absolute atomic E-state index is 0.280. The van der Waals surface area contributed by atoms with Gasteiger partial charge in [-0.05, 0) is 24.0 Å². The number of rotatable bonds is 8. The second-order valence-electron chi connectivity index (χ2n) is 5.05. The molecule has 1 aromatic rings. The number of unbranched alkanes of at least 4 members (excludes halogenated alkanes) is 2. The normalized spacial score (nSPS) is 12.5. The first-order chi connectivity index (χ1) is 9.54. The van der Waals surface area contributed by atoms with Gasteiger partial charge >= 0.3 is 5.97 Å². The molecule has 3 nitrogen and oxygen atoms in total. The summed E-state index contributed by atoms with van der Waals surface area (Å²) in [6, 6.07) is 7.44. The molecule has 0 saturated heterocycles. The summed E-state index contributed by atoms with van der Waals surface area (Å²) in [5, 5.41) is 8.49. The van der Waals surface area contributed by atoms with E-state index >= 15 is 0 Å². The van der Waals surface area contributed by atoms with Crippen molar-refractivity contribution in [2.45, 2.75) is 45.4 Å². The molecule has 1 N–H and O–H groups in total. The summed E-state index contributed by atoms with van der Waals surface area (Å²) in [4.78, 5) is 22.1. The van der Waals surface area contributed by atoms with E-state index in [1.54, 1.807) is 12.1 Å². The average molecular weight is 274 g/mol. The smallest absolute Gasteiger partial charge is 0.328 e. The highest BCUT2D eigenvalue weighted by atomic mass is 16.4. The van der Waals surface area contributed by atoms with Gasteiger partial charge in [-0.15, -0.1) is 0 Å². The van der Waals surface area contributed by atoms with Crippen molar-refractivity contribution in [3.8, 4) is 0 Å². The summed E-state index contributed by atoms with van der Waals surface area (Å²) < 4.78 is 0. The minimum Gasteiger partial charge on any atom is -0.478 e. The summed E-state index contributed by atoms with van der Waals surface area (Å²) in [6.45, 7) is 4.38. The van der Waals surface area contributed by atoms with Gasteiger partial charge in [-0.25, -0.2) is 4.79 Å². The van der Waals surface area contributed by atoms with Gasteiger partial charge in [-0.3, -0.25) is 4.79 Å². The monoisotopic (exact) mass is 274 g/mol. The zero-order chi connectivity index (χ0) is 15.0. The van der Waals surface area contributed by atoms with Gasteiger partial charge in [0.15, 0.2) is 5.78 Å². The van der Waals surface area contributed by atoms with Crippen LogP contribution in [0.3, 0.4) is 0 Å². The maximum Gasteiger partial charge on any atom is 0.328 e. The first kappa shape index (κ1) is 16.2. The maximum absolute atomic E-state index is 11.7. The third-order valence-electron chi connectivity index (χ3n) is 3.38. The molecule has 0 saturated carbocycles. The van der Waals surface area contributed by atoms with E-state index in [4.69, 9.17) is 5.11 Å². The standard InChI is InChI=1S/C17H22O3/c1-3-4-5-6-13(2)14-7-9-15(10-8-14)16(18)11-12-17(19)20/h7-13H,3-6H2,1-2H3,(H,19,20)/b12-11+/t13-/m0/s1. The number of allylic oxidation sites excluding steroid dienone is 1. The molecule has 0 spiro atoms. The zero-order valence-corrected chi connectivity index (χ0v) is 12.1. The van der Waals surface area contributed by atoms with Crippen LogP contribution in [0, 0.1) is 0 Å². The molecule has 0 radical (unpaired) electrons. The number of benzene rings is 1. The number of aliphatic carboxylic acids is 1. The van der Waals surface area contributed by atoms with Gasteiger partial charge in [-0.1, -0.05) is 57.4 Å². The molecule has 1 atom stereocenters. The highest BCUT2D eigenvalue weighted by Gasteiger charge is 2.07. The molecule has 0 aliphatic rings. The zero-order valence-electron chi connectivity index (χ0n) is 12.1. The predicted molar refractivity (Wildman–Crippen MR) is 80.1 cm³/mol. The fourth-order valence-electron chi connectivity index (χ4n) is 2.09. The van der Waals surface area contributed by atoms with Crippen LogP contribution < -0.4 is 0 Å². The molecule has 3 heteroatoms. The Balaban J connectivity index is 2.63. The van der Waals surface area contributed by atoms with Crippen molar-refractivity contribution < 1.29 is 14.7 Å². The van der Waals surface area contributed by atoms with Crippen LogP contribution in [0.15, 0.2) is 36.4 Å². The van der Waals surface area contributed by atoms with Crippen LogP contribution >= 0.6 is 0 Å². The lowest BCUT2D eigenvalue weighted by Gasteiger charge is -2.11. The molecule has 0 heterocycles. The molecule has 20 heavy (non-hydrogen) atoms. The third-order valence-corrected chi connectivity index (χ3v) is 3.38.